The fourth-order valence-electron chi connectivity index (χ4n) is 2.80. The molecular weight excluding hydrogens is 347 g/mol. The second kappa shape index (κ2) is 6.10. The average molecular weight is 362 g/mol. The number of nitrogens with zero attached hydrogens (tertiary/aromatic N) is 1. The maximum absolute atomic E-state index is 14.1. The molecule has 2 heterocycles. The molecule has 0 aliphatic heterocycles. The summed E-state index contributed by atoms with van der Waals surface area (Å²) < 4.78 is 19.9. The van der Waals surface area contributed by atoms with Gasteiger partial charge in [-0.05, 0) is 42.5 Å². The molecule has 0 aliphatic carbocycles. The molecule has 27 heavy (non-hydrogen) atoms. The third kappa shape index (κ3) is 2.93. The van der Waals surface area contributed by atoms with Gasteiger partial charge in [-0.25, -0.2) is 9.37 Å². The van der Waals surface area contributed by atoms with E-state index < -0.39 is 5.82 Å². The van der Waals surface area contributed by atoms with E-state index in [1.165, 1.54) is 12.1 Å². The van der Waals surface area contributed by atoms with Crippen LogP contribution in [0.25, 0.3) is 33.9 Å². The summed E-state index contributed by atoms with van der Waals surface area (Å²) in [7, 11) is 0. The number of fused-ring (bicyclic) bond motifs is 1. The van der Waals surface area contributed by atoms with Crippen LogP contribution in [-0.2, 0) is 0 Å². The molecule has 134 valence electrons. The number of nitrogens with two attached hydrogens (primary N) is 2. The third-order valence-electron chi connectivity index (χ3n) is 4.18. The number of rotatable bonds is 4. The maximum atomic E-state index is 14.1. The largest absolute Gasteiger partial charge is 0.453 e. The monoisotopic (exact) mass is 362 g/mol. The molecule has 0 fully saturated rings. The molecule has 0 unspecified atom stereocenters. The Hall–Kier alpha value is -3.94. The summed E-state index contributed by atoms with van der Waals surface area (Å²) in [5.41, 5.74) is 13.5. The van der Waals surface area contributed by atoms with E-state index in [4.69, 9.17) is 26.7 Å². The van der Waals surface area contributed by atoms with Crippen LogP contribution >= 0.6 is 0 Å². The van der Waals surface area contributed by atoms with Crippen molar-refractivity contribution in [3.63, 3.8) is 0 Å². The Labute approximate surface area is 152 Å². The number of hydrogen-bond acceptors (Lipinski definition) is 4. The van der Waals surface area contributed by atoms with Crippen molar-refractivity contribution in [2.24, 2.45) is 11.5 Å². The van der Waals surface area contributed by atoms with Crippen LogP contribution in [0.15, 0.2) is 52.9 Å². The number of aromatic nitrogens is 2. The van der Waals surface area contributed by atoms with E-state index in [2.05, 4.69) is 9.97 Å². The van der Waals surface area contributed by atoms with Crippen LogP contribution in [0, 0.1) is 16.6 Å². The molecule has 0 saturated carbocycles. The van der Waals surface area contributed by atoms with Gasteiger partial charge >= 0.3 is 0 Å². The van der Waals surface area contributed by atoms with Crippen molar-refractivity contribution in [1.29, 1.82) is 10.8 Å². The van der Waals surface area contributed by atoms with Gasteiger partial charge in [0.05, 0.1) is 16.6 Å². The molecular formula is C19H15FN6O. The quantitative estimate of drug-likeness (QED) is 0.281. The van der Waals surface area contributed by atoms with Gasteiger partial charge in [0.25, 0.3) is 0 Å². The van der Waals surface area contributed by atoms with Gasteiger partial charge in [-0.15, -0.1) is 0 Å². The number of nitrogens with one attached hydrogen (secondary N) is 3. The zero-order chi connectivity index (χ0) is 19.1. The van der Waals surface area contributed by atoms with Crippen LogP contribution in [0.3, 0.4) is 0 Å². The minimum atomic E-state index is -0.585. The van der Waals surface area contributed by atoms with E-state index in [0.717, 1.165) is 5.52 Å². The smallest absolute Gasteiger partial charge is 0.174 e. The first-order valence-corrected chi connectivity index (χ1v) is 8.01. The van der Waals surface area contributed by atoms with Gasteiger partial charge in [0.1, 0.15) is 23.2 Å². The molecule has 7 nitrogen and oxygen atoms in total. The summed E-state index contributed by atoms with van der Waals surface area (Å²) in [5.74, 6) is 0.525. The normalized spacial score (nSPS) is 11.0. The fraction of sp³-hybridized carbons (Fsp3) is 0. The molecule has 0 amide bonds. The predicted octanol–water partition coefficient (Wildman–Crippen LogP) is 3.20. The first-order chi connectivity index (χ1) is 12.9. The van der Waals surface area contributed by atoms with Gasteiger partial charge in [-0.2, -0.15) is 0 Å². The first kappa shape index (κ1) is 16.5. The van der Waals surface area contributed by atoms with Gasteiger partial charge in [0.2, 0.25) is 0 Å². The highest BCUT2D eigenvalue weighted by Crippen LogP contribution is 2.29. The van der Waals surface area contributed by atoms with E-state index in [1.54, 1.807) is 36.4 Å². The summed E-state index contributed by atoms with van der Waals surface area (Å²) in [6.45, 7) is 0. The van der Waals surface area contributed by atoms with Gasteiger partial charge in [-0.1, -0.05) is 6.07 Å². The number of amidine groups is 2. The van der Waals surface area contributed by atoms with E-state index in [-0.39, 0.29) is 17.2 Å². The van der Waals surface area contributed by atoms with Crippen molar-refractivity contribution in [3.05, 3.63) is 65.5 Å². The lowest BCUT2D eigenvalue weighted by atomic mass is 10.1. The summed E-state index contributed by atoms with van der Waals surface area (Å²) in [6, 6.07) is 13.0. The molecule has 7 N–H and O–H groups in total. The van der Waals surface area contributed by atoms with Crippen LogP contribution in [0.2, 0.25) is 0 Å². The Kier molecular flexibility index (Phi) is 3.73. The Bertz CT molecular complexity index is 1210. The maximum Gasteiger partial charge on any atom is 0.174 e. The Morgan fingerprint density at radius 3 is 2.44 bits per heavy atom. The van der Waals surface area contributed by atoms with Gasteiger partial charge < -0.3 is 20.9 Å². The van der Waals surface area contributed by atoms with E-state index >= 15 is 0 Å². The number of imidazole rings is 1. The van der Waals surface area contributed by atoms with Crippen molar-refractivity contribution in [2.45, 2.75) is 0 Å². The Morgan fingerprint density at radius 1 is 0.963 bits per heavy atom. The topological polar surface area (TPSA) is 142 Å². The molecule has 2 aromatic heterocycles. The predicted molar refractivity (Wildman–Crippen MR) is 101 cm³/mol. The number of nitrogen functional groups attached to an aromatic ring is 2. The molecule has 0 bridgehead atoms. The number of furan rings is 1. The van der Waals surface area contributed by atoms with Crippen LogP contribution in [-0.4, -0.2) is 21.6 Å². The van der Waals surface area contributed by atoms with E-state index in [9.17, 15) is 4.39 Å². The Balaban J connectivity index is 1.70. The van der Waals surface area contributed by atoms with E-state index in [0.29, 0.717) is 34.0 Å². The van der Waals surface area contributed by atoms with Crippen LogP contribution in [0.5, 0.6) is 0 Å². The summed E-state index contributed by atoms with van der Waals surface area (Å²) in [6.07, 6.45) is 0. The molecule has 0 radical (unpaired) electrons. The number of aromatic amines is 1. The van der Waals surface area contributed by atoms with E-state index in [1.807, 2.05) is 0 Å². The highest BCUT2D eigenvalue weighted by Gasteiger charge is 2.13. The van der Waals surface area contributed by atoms with Gasteiger partial charge in [0.15, 0.2) is 11.6 Å². The first-order valence-electron chi connectivity index (χ1n) is 8.01. The molecule has 2 aromatic carbocycles. The summed E-state index contributed by atoms with van der Waals surface area (Å²) in [4.78, 5) is 7.60. The lowest BCUT2D eigenvalue weighted by molar-refractivity contribution is 0.590. The average Bonchev–Trinajstić information content (AvgIpc) is 3.27. The lowest BCUT2D eigenvalue weighted by Gasteiger charge is -2.02. The number of H-pyrrole nitrogens is 1. The number of halogens is 1. The molecule has 4 rings (SSSR count). The van der Waals surface area contributed by atoms with Crippen molar-refractivity contribution < 1.29 is 8.81 Å². The zero-order valence-electron chi connectivity index (χ0n) is 14.0. The molecule has 0 atom stereocenters. The highest BCUT2D eigenvalue weighted by atomic mass is 19.1. The standard InChI is InChI=1S/C19H15FN6O/c20-12-7-9(1-3-11(12)18(23)24)15-5-6-16(27-15)19-25-13-4-2-10(17(21)22)8-14(13)26-19/h1-8H,(H3,21,22)(H3,23,24)(H,25,26). The third-order valence-corrected chi connectivity index (χ3v) is 4.18. The number of hydrogen-bond donors (Lipinski definition) is 5. The van der Waals surface area contributed by atoms with Crippen molar-refractivity contribution in [3.8, 4) is 22.9 Å². The zero-order valence-corrected chi connectivity index (χ0v) is 14.0. The van der Waals surface area contributed by atoms with Crippen LogP contribution in [0.1, 0.15) is 11.1 Å². The van der Waals surface area contributed by atoms with Crippen LogP contribution < -0.4 is 11.5 Å². The molecule has 4 aromatic rings. The fourth-order valence-corrected chi connectivity index (χ4v) is 2.80. The minimum Gasteiger partial charge on any atom is -0.453 e. The lowest BCUT2D eigenvalue weighted by Crippen LogP contribution is -2.12. The minimum absolute atomic E-state index is 0.0237. The summed E-state index contributed by atoms with van der Waals surface area (Å²) in [5, 5.41) is 14.9. The SMILES string of the molecule is N=C(N)c1ccc2nc(-c3ccc(-c4ccc(C(=N)N)c(F)c4)o3)[nH]c2c1. The number of benzene rings is 2. The highest BCUT2D eigenvalue weighted by molar-refractivity contribution is 5.98. The molecule has 8 heteroatoms. The molecule has 0 saturated heterocycles. The molecule has 0 spiro atoms. The second-order valence-electron chi connectivity index (χ2n) is 6.00. The Morgan fingerprint density at radius 2 is 1.74 bits per heavy atom. The van der Waals surface area contributed by atoms with Gasteiger partial charge in [-0.3, -0.25) is 10.8 Å². The molecule has 0 aliphatic rings. The summed E-state index contributed by atoms with van der Waals surface area (Å²) >= 11 is 0. The van der Waals surface area contributed by atoms with Crippen molar-refractivity contribution in [2.75, 3.05) is 0 Å². The van der Waals surface area contributed by atoms with Crippen LogP contribution in [0.4, 0.5) is 4.39 Å². The van der Waals surface area contributed by atoms with Crippen molar-refractivity contribution in [1.82, 2.24) is 9.97 Å². The van der Waals surface area contributed by atoms with Gasteiger partial charge in [0, 0.05) is 11.1 Å². The van der Waals surface area contributed by atoms with Crippen molar-refractivity contribution >= 4 is 22.7 Å². The second-order valence-corrected chi connectivity index (χ2v) is 6.00.